The van der Waals surface area contributed by atoms with Gasteiger partial charge in [0.2, 0.25) is 0 Å². The number of thioether (sulfide) groups is 1. The molecular weight excluding hydrogens is 328 g/mol. The van der Waals surface area contributed by atoms with Crippen molar-refractivity contribution in [2.24, 2.45) is 0 Å². The first-order valence-corrected chi connectivity index (χ1v) is 8.44. The minimum atomic E-state index is -0.878. The summed E-state index contributed by atoms with van der Waals surface area (Å²) < 4.78 is 11.0. The molecule has 0 unspecified atom stereocenters. The monoisotopic (exact) mass is 344 g/mol. The summed E-state index contributed by atoms with van der Waals surface area (Å²) in [5.74, 6) is 0.304. The first kappa shape index (κ1) is 16.3. The molecule has 0 saturated carbocycles. The molecule has 3 rings (SSSR count). The molecule has 2 aromatic carbocycles. The van der Waals surface area contributed by atoms with Gasteiger partial charge in [-0.15, -0.1) is 11.8 Å². The summed E-state index contributed by atoms with van der Waals surface area (Å²) in [6.07, 6.45) is 1.87. The van der Waals surface area contributed by atoms with Gasteiger partial charge in [-0.3, -0.25) is 4.79 Å². The largest absolute Gasteiger partial charge is 0.507 e. The Morgan fingerprint density at radius 2 is 2.04 bits per heavy atom. The van der Waals surface area contributed by atoms with E-state index in [9.17, 15) is 9.90 Å². The summed E-state index contributed by atoms with van der Waals surface area (Å²) >= 11 is 1.49. The van der Waals surface area contributed by atoms with E-state index in [4.69, 9.17) is 14.3 Å². The predicted molar refractivity (Wildman–Crippen MR) is 93.0 cm³/mol. The fourth-order valence-corrected chi connectivity index (χ4v) is 3.33. The Balaban J connectivity index is 2.16. The Morgan fingerprint density at radius 3 is 2.67 bits per heavy atom. The van der Waals surface area contributed by atoms with Crippen molar-refractivity contribution >= 4 is 28.7 Å². The number of phenols is 1. The molecule has 0 amide bonds. The van der Waals surface area contributed by atoms with Crippen molar-refractivity contribution in [3.05, 3.63) is 42.0 Å². The van der Waals surface area contributed by atoms with Crippen molar-refractivity contribution < 1.29 is 24.2 Å². The van der Waals surface area contributed by atoms with E-state index in [0.29, 0.717) is 28.2 Å². The van der Waals surface area contributed by atoms with Crippen molar-refractivity contribution in [1.82, 2.24) is 0 Å². The van der Waals surface area contributed by atoms with Crippen LogP contribution in [-0.4, -0.2) is 29.5 Å². The maximum absolute atomic E-state index is 10.9. The molecule has 0 aliphatic rings. The summed E-state index contributed by atoms with van der Waals surface area (Å²) in [4.78, 5) is 11.8. The van der Waals surface area contributed by atoms with E-state index in [0.717, 1.165) is 10.3 Å². The van der Waals surface area contributed by atoms with E-state index >= 15 is 0 Å². The number of ether oxygens (including phenoxy) is 1. The van der Waals surface area contributed by atoms with E-state index in [2.05, 4.69) is 0 Å². The summed E-state index contributed by atoms with van der Waals surface area (Å²) in [5, 5.41) is 20.1. The summed E-state index contributed by atoms with van der Waals surface area (Å²) in [6, 6.07) is 10.3. The number of aliphatic carboxylic acids is 1. The van der Waals surface area contributed by atoms with E-state index in [1.807, 2.05) is 12.3 Å². The average Bonchev–Trinajstić information content (AvgIpc) is 2.91. The lowest BCUT2D eigenvalue weighted by Crippen LogP contribution is -1.99. The van der Waals surface area contributed by atoms with Gasteiger partial charge in [0.25, 0.3) is 0 Å². The number of rotatable bonds is 5. The number of carboxylic acid groups (broad SMARTS) is 1. The number of aromatic hydroxyl groups is 1. The molecule has 2 N–H and O–H groups in total. The normalized spacial score (nSPS) is 10.9. The molecule has 0 fully saturated rings. The van der Waals surface area contributed by atoms with Crippen molar-refractivity contribution in [3.8, 4) is 22.8 Å². The second-order valence-electron chi connectivity index (χ2n) is 5.25. The van der Waals surface area contributed by atoms with Gasteiger partial charge in [0, 0.05) is 11.5 Å². The lowest BCUT2D eigenvalue weighted by Gasteiger charge is -2.06. The molecular formula is C18H16O5S. The van der Waals surface area contributed by atoms with Crippen LogP contribution in [0, 0.1) is 0 Å². The Bertz CT molecular complexity index is 913. The van der Waals surface area contributed by atoms with Gasteiger partial charge < -0.3 is 19.4 Å². The second-order valence-corrected chi connectivity index (χ2v) is 6.07. The highest BCUT2D eigenvalue weighted by Crippen LogP contribution is 2.43. The fourth-order valence-electron chi connectivity index (χ4n) is 2.62. The van der Waals surface area contributed by atoms with Crippen molar-refractivity contribution in [3.63, 3.8) is 0 Å². The van der Waals surface area contributed by atoms with Crippen LogP contribution in [0.25, 0.3) is 22.3 Å². The van der Waals surface area contributed by atoms with Crippen LogP contribution in [0.4, 0.5) is 0 Å². The van der Waals surface area contributed by atoms with E-state index < -0.39 is 5.97 Å². The third-order valence-electron chi connectivity index (χ3n) is 3.72. The number of hydrogen-bond acceptors (Lipinski definition) is 5. The molecule has 6 heteroatoms. The number of methoxy groups -OCH3 is 1. The highest BCUT2D eigenvalue weighted by Gasteiger charge is 2.19. The Hall–Kier alpha value is -2.60. The first-order valence-electron chi connectivity index (χ1n) is 7.22. The van der Waals surface area contributed by atoms with Crippen LogP contribution in [0.1, 0.15) is 5.56 Å². The molecule has 24 heavy (non-hydrogen) atoms. The van der Waals surface area contributed by atoms with Crippen molar-refractivity contribution in [2.75, 3.05) is 13.4 Å². The van der Waals surface area contributed by atoms with Gasteiger partial charge in [0.1, 0.15) is 17.1 Å². The molecule has 1 heterocycles. The zero-order valence-corrected chi connectivity index (χ0v) is 14.0. The zero-order valence-electron chi connectivity index (χ0n) is 13.2. The van der Waals surface area contributed by atoms with Crippen LogP contribution in [-0.2, 0) is 11.2 Å². The Morgan fingerprint density at radius 1 is 1.25 bits per heavy atom. The minimum absolute atomic E-state index is 0.0436. The SMILES string of the molecule is COc1ccc(-c2oc3ccc(CC(=O)O)cc3c2SC)c(O)c1. The molecule has 0 atom stereocenters. The molecule has 0 bridgehead atoms. The number of phenolic OH excluding ortho intramolecular Hbond substituents is 1. The fraction of sp³-hybridized carbons (Fsp3) is 0.167. The third-order valence-corrected chi connectivity index (χ3v) is 4.53. The Kier molecular flexibility index (Phi) is 4.40. The van der Waals surface area contributed by atoms with E-state index in [1.165, 1.54) is 24.9 Å². The minimum Gasteiger partial charge on any atom is -0.507 e. The summed E-state index contributed by atoms with van der Waals surface area (Å²) in [6.45, 7) is 0. The topological polar surface area (TPSA) is 79.9 Å². The number of fused-ring (bicyclic) bond motifs is 1. The quantitative estimate of drug-likeness (QED) is 0.677. The van der Waals surface area contributed by atoms with Gasteiger partial charge in [-0.2, -0.15) is 0 Å². The van der Waals surface area contributed by atoms with Crippen molar-refractivity contribution in [1.29, 1.82) is 0 Å². The van der Waals surface area contributed by atoms with Crippen LogP contribution in [0.3, 0.4) is 0 Å². The Labute approximate surface area is 142 Å². The lowest BCUT2D eigenvalue weighted by atomic mass is 10.1. The maximum Gasteiger partial charge on any atom is 0.307 e. The van der Waals surface area contributed by atoms with Gasteiger partial charge in [0.15, 0.2) is 5.76 Å². The molecule has 3 aromatic rings. The molecule has 1 aromatic heterocycles. The number of carbonyl (C=O) groups is 1. The standard InChI is InChI=1S/C18H16O5S/c1-22-11-4-5-12(14(19)9-11)17-18(24-2)13-7-10(8-16(20)21)3-6-15(13)23-17/h3-7,9,19H,8H2,1-2H3,(H,20,21). The van der Waals surface area contributed by atoms with E-state index in [1.54, 1.807) is 24.3 Å². The molecule has 0 aliphatic heterocycles. The summed E-state index contributed by atoms with van der Waals surface area (Å²) in [7, 11) is 1.53. The van der Waals surface area contributed by atoms with Crippen LogP contribution >= 0.6 is 11.8 Å². The first-order chi connectivity index (χ1) is 11.5. The van der Waals surface area contributed by atoms with Crippen molar-refractivity contribution in [2.45, 2.75) is 11.3 Å². The summed E-state index contributed by atoms with van der Waals surface area (Å²) in [5.41, 5.74) is 1.92. The smallest absolute Gasteiger partial charge is 0.307 e. The van der Waals surface area contributed by atoms with Crippen LogP contribution in [0.15, 0.2) is 45.7 Å². The van der Waals surface area contributed by atoms with Gasteiger partial charge in [-0.25, -0.2) is 0 Å². The van der Waals surface area contributed by atoms with Gasteiger partial charge in [-0.05, 0) is 36.1 Å². The maximum atomic E-state index is 10.9. The molecule has 0 radical (unpaired) electrons. The molecule has 124 valence electrons. The predicted octanol–water partition coefficient (Wildman–Crippen LogP) is 4.16. The molecule has 5 nitrogen and oxygen atoms in total. The van der Waals surface area contributed by atoms with Crippen LogP contribution in [0.2, 0.25) is 0 Å². The van der Waals surface area contributed by atoms with Gasteiger partial charge in [-0.1, -0.05) is 6.07 Å². The lowest BCUT2D eigenvalue weighted by molar-refractivity contribution is -0.136. The average molecular weight is 344 g/mol. The van der Waals surface area contributed by atoms with Crippen LogP contribution < -0.4 is 4.74 Å². The molecule has 0 saturated heterocycles. The highest BCUT2D eigenvalue weighted by molar-refractivity contribution is 7.99. The number of furan rings is 1. The van der Waals surface area contributed by atoms with Gasteiger partial charge in [0.05, 0.1) is 24.0 Å². The van der Waals surface area contributed by atoms with Gasteiger partial charge >= 0.3 is 5.97 Å². The molecule has 0 spiro atoms. The number of carboxylic acids is 1. The van der Waals surface area contributed by atoms with E-state index in [-0.39, 0.29) is 12.2 Å². The number of hydrogen-bond donors (Lipinski definition) is 2. The van der Waals surface area contributed by atoms with Crippen LogP contribution in [0.5, 0.6) is 11.5 Å². The third kappa shape index (κ3) is 2.92. The second kappa shape index (κ2) is 6.49. The zero-order chi connectivity index (χ0) is 17.3. The highest BCUT2D eigenvalue weighted by atomic mass is 32.2. The molecule has 0 aliphatic carbocycles. The number of benzene rings is 2.